The molecule has 0 aromatic heterocycles. The van der Waals surface area contributed by atoms with E-state index in [4.69, 9.17) is 21.1 Å². The summed E-state index contributed by atoms with van der Waals surface area (Å²) in [5.74, 6) is 0.503. The van der Waals surface area contributed by atoms with Crippen LogP contribution in [0.2, 0.25) is 5.02 Å². The van der Waals surface area contributed by atoms with E-state index in [1.54, 1.807) is 18.2 Å². The van der Waals surface area contributed by atoms with E-state index < -0.39 is 11.8 Å². The molecule has 0 aliphatic heterocycles. The zero-order valence-electron chi connectivity index (χ0n) is 16.5. The Morgan fingerprint density at radius 2 is 1.61 bits per heavy atom. The van der Waals surface area contributed by atoms with Crippen LogP contribution >= 0.6 is 11.6 Å². The molecule has 2 rings (SSSR count). The lowest BCUT2D eigenvalue weighted by Crippen LogP contribution is -2.45. The summed E-state index contributed by atoms with van der Waals surface area (Å²) in [6.45, 7) is 7.46. The lowest BCUT2D eigenvalue weighted by molar-refractivity contribution is -0.131. The van der Waals surface area contributed by atoms with Crippen LogP contribution in [0.1, 0.15) is 36.5 Å². The van der Waals surface area contributed by atoms with Gasteiger partial charge < -0.3 is 9.47 Å². The number of hydrogen-bond donors (Lipinski definition) is 2. The molecule has 0 unspecified atom stereocenters. The molecule has 2 aromatic carbocycles. The van der Waals surface area contributed by atoms with E-state index in [2.05, 4.69) is 24.7 Å². The summed E-state index contributed by atoms with van der Waals surface area (Å²) in [5.41, 5.74) is 7.52. The Balaban J connectivity index is 1.77. The molecule has 0 bridgehead atoms. The maximum atomic E-state index is 11.9. The molecule has 0 heterocycles. The van der Waals surface area contributed by atoms with Crippen LogP contribution in [-0.4, -0.2) is 25.0 Å². The minimum Gasteiger partial charge on any atom is -0.484 e. The summed E-state index contributed by atoms with van der Waals surface area (Å²) in [5, 5.41) is 0.623. The maximum Gasteiger partial charge on any atom is 0.276 e. The zero-order chi connectivity index (χ0) is 20.7. The first-order valence-electron chi connectivity index (χ1n) is 8.96. The average molecular weight is 405 g/mol. The van der Waals surface area contributed by atoms with Crippen molar-refractivity contribution in [3.63, 3.8) is 0 Å². The highest BCUT2D eigenvalue weighted by atomic mass is 35.5. The Labute approximate surface area is 170 Å². The molecule has 0 radical (unpaired) electrons. The van der Waals surface area contributed by atoms with Crippen molar-refractivity contribution >= 4 is 23.4 Å². The van der Waals surface area contributed by atoms with Gasteiger partial charge in [0.1, 0.15) is 11.5 Å². The van der Waals surface area contributed by atoms with Crippen molar-refractivity contribution in [3.8, 4) is 11.5 Å². The molecule has 7 heteroatoms. The van der Waals surface area contributed by atoms with E-state index in [1.807, 2.05) is 32.0 Å². The van der Waals surface area contributed by atoms with Gasteiger partial charge in [-0.15, -0.1) is 0 Å². The number of halogens is 1. The molecule has 0 aliphatic carbocycles. The predicted octanol–water partition coefficient (Wildman–Crippen LogP) is 3.69. The number of nitrogens with one attached hydrogen (secondary N) is 2. The van der Waals surface area contributed by atoms with Gasteiger partial charge in [0.15, 0.2) is 13.2 Å². The molecule has 6 nitrogen and oxygen atoms in total. The smallest absolute Gasteiger partial charge is 0.276 e. The highest BCUT2D eigenvalue weighted by molar-refractivity contribution is 6.31. The van der Waals surface area contributed by atoms with Crippen molar-refractivity contribution in [2.24, 2.45) is 0 Å². The monoisotopic (exact) mass is 404 g/mol. The highest BCUT2D eigenvalue weighted by Crippen LogP contribution is 2.27. The minimum absolute atomic E-state index is 0.208. The number of aryl methyl sites for hydroxylation is 2. The number of amides is 2. The largest absolute Gasteiger partial charge is 0.484 e. The third-order valence-electron chi connectivity index (χ3n) is 3.99. The average Bonchev–Trinajstić information content (AvgIpc) is 2.65. The van der Waals surface area contributed by atoms with E-state index in [9.17, 15) is 9.59 Å². The van der Waals surface area contributed by atoms with Crippen LogP contribution in [-0.2, 0) is 9.59 Å². The van der Waals surface area contributed by atoms with Crippen LogP contribution in [0.4, 0.5) is 0 Å². The Bertz CT molecular complexity index is 852. The van der Waals surface area contributed by atoms with E-state index in [1.165, 1.54) is 0 Å². The first kappa shape index (κ1) is 21.6. The number of carbonyl (C=O) groups is 2. The van der Waals surface area contributed by atoms with Crippen LogP contribution in [0.25, 0.3) is 0 Å². The van der Waals surface area contributed by atoms with Gasteiger partial charge in [0.25, 0.3) is 11.8 Å². The summed E-state index contributed by atoms with van der Waals surface area (Å²) in [4.78, 5) is 23.8. The molecule has 2 aromatic rings. The predicted molar refractivity (Wildman–Crippen MR) is 109 cm³/mol. The van der Waals surface area contributed by atoms with Gasteiger partial charge in [-0.05, 0) is 60.7 Å². The van der Waals surface area contributed by atoms with E-state index in [-0.39, 0.29) is 19.1 Å². The van der Waals surface area contributed by atoms with E-state index >= 15 is 0 Å². The van der Waals surface area contributed by atoms with Gasteiger partial charge in [-0.25, -0.2) is 0 Å². The van der Waals surface area contributed by atoms with Crippen molar-refractivity contribution in [3.05, 3.63) is 58.1 Å². The van der Waals surface area contributed by atoms with Gasteiger partial charge in [0.05, 0.1) is 0 Å². The van der Waals surface area contributed by atoms with Crippen LogP contribution < -0.4 is 20.3 Å². The first-order valence-corrected chi connectivity index (χ1v) is 9.34. The van der Waals surface area contributed by atoms with Crippen molar-refractivity contribution in [1.82, 2.24) is 10.9 Å². The molecule has 2 N–H and O–H groups in total. The molecule has 150 valence electrons. The highest BCUT2D eigenvalue weighted by Gasteiger charge is 2.11. The molecule has 0 aliphatic rings. The molecule has 0 atom stereocenters. The van der Waals surface area contributed by atoms with Crippen molar-refractivity contribution in [2.75, 3.05) is 13.2 Å². The van der Waals surface area contributed by atoms with Gasteiger partial charge in [0, 0.05) is 5.02 Å². The number of carbonyl (C=O) groups excluding carboxylic acids is 2. The molecular weight excluding hydrogens is 380 g/mol. The molecule has 0 spiro atoms. The molecule has 0 fully saturated rings. The van der Waals surface area contributed by atoms with Crippen molar-refractivity contribution in [2.45, 2.75) is 33.6 Å². The first-order chi connectivity index (χ1) is 13.3. The number of ether oxygens (including phenoxy) is 2. The summed E-state index contributed by atoms with van der Waals surface area (Å²) < 4.78 is 11.0. The number of hydrogen-bond acceptors (Lipinski definition) is 4. The summed E-state index contributed by atoms with van der Waals surface area (Å²) in [6, 6.07) is 11.0. The number of hydrazine groups is 1. The topological polar surface area (TPSA) is 76.7 Å². The summed E-state index contributed by atoms with van der Waals surface area (Å²) in [6.07, 6.45) is 0. The van der Waals surface area contributed by atoms with Crippen molar-refractivity contribution < 1.29 is 19.1 Å². The summed E-state index contributed by atoms with van der Waals surface area (Å²) >= 11 is 5.94. The normalized spacial score (nSPS) is 10.5. The van der Waals surface area contributed by atoms with E-state index in [0.29, 0.717) is 16.5 Å². The SMILES string of the molecule is Cc1ccc(C(C)C)c(OCC(=O)NNC(=O)COc2ccc(Cl)c(C)c2)c1. The Kier molecular flexibility index (Phi) is 7.70. The second kappa shape index (κ2) is 9.99. The van der Waals surface area contributed by atoms with Gasteiger partial charge in [-0.1, -0.05) is 37.6 Å². The fraction of sp³-hybridized carbons (Fsp3) is 0.333. The molecular formula is C21H25ClN2O4. The minimum atomic E-state index is -0.487. The van der Waals surface area contributed by atoms with Crippen LogP contribution in [0.15, 0.2) is 36.4 Å². The standard InChI is InChI=1S/C21H25ClN2O4/c1-13(2)17-7-5-14(3)9-19(17)28-12-21(26)24-23-20(25)11-27-16-6-8-18(22)15(4)10-16/h5-10,13H,11-12H2,1-4H3,(H,23,25)(H,24,26). The fourth-order valence-corrected chi connectivity index (χ4v) is 2.57. The quantitative estimate of drug-likeness (QED) is 0.690. The third kappa shape index (κ3) is 6.46. The Morgan fingerprint density at radius 3 is 2.21 bits per heavy atom. The van der Waals surface area contributed by atoms with Gasteiger partial charge >= 0.3 is 0 Å². The van der Waals surface area contributed by atoms with Crippen LogP contribution in [0, 0.1) is 13.8 Å². The van der Waals surface area contributed by atoms with Crippen molar-refractivity contribution in [1.29, 1.82) is 0 Å². The molecule has 0 saturated heterocycles. The molecule has 0 saturated carbocycles. The van der Waals surface area contributed by atoms with Gasteiger partial charge in [-0.2, -0.15) is 0 Å². The Hall–Kier alpha value is -2.73. The lowest BCUT2D eigenvalue weighted by Gasteiger charge is -2.15. The zero-order valence-corrected chi connectivity index (χ0v) is 17.2. The van der Waals surface area contributed by atoms with Crippen LogP contribution in [0.5, 0.6) is 11.5 Å². The Morgan fingerprint density at radius 1 is 0.964 bits per heavy atom. The van der Waals surface area contributed by atoms with E-state index in [0.717, 1.165) is 16.7 Å². The summed E-state index contributed by atoms with van der Waals surface area (Å²) in [7, 11) is 0. The second-order valence-corrected chi connectivity index (χ2v) is 7.19. The molecule has 28 heavy (non-hydrogen) atoms. The van der Waals surface area contributed by atoms with Crippen LogP contribution in [0.3, 0.4) is 0 Å². The third-order valence-corrected chi connectivity index (χ3v) is 4.41. The second-order valence-electron chi connectivity index (χ2n) is 6.78. The number of benzene rings is 2. The molecule has 2 amide bonds. The van der Waals surface area contributed by atoms with Gasteiger partial charge in [0.2, 0.25) is 0 Å². The van der Waals surface area contributed by atoms with Gasteiger partial charge in [-0.3, -0.25) is 20.4 Å². The maximum absolute atomic E-state index is 11.9. The number of rotatable bonds is 7. The lowest BCUT2D eigenvalue weighted by atomic mass is 10.0. The fourth-order valence-electron chi connectivity index (χ4n) is 2.45.